The van der Waals surface area contributed by atoms with Crippen LogP contribution in [0.4, 0.5) is 0 Å². The Morgan fingerprint density at radius 3 is 2.88 bits per heavy atom. The molecule has 0 radical (unpaired) electrons. The van der Waals surface area contributed by atoms with E-state index >= 15 is 0 Å². The highest BCUT2D eigenvalue weighted by Gasteiger charge is 2.20. The molecule has 17 heavy (non-hydrogen) atoms. The van der Waals surface area contributed by atoms with Crippen molar-refractivity contribution in [3.8, 4) is 0 Å². The lowest BCUT2D eigenvalue weighted by Gasteiger charge is -2.10. The van der Waals surface area contributed by atoms with Crippen LogP contribution in [0, 0.1) is 0 Å². The van der Waals surface area contributed by atoms with Gasteiger partial charge in [-0.2, -0.15) is 0 Å². The summed E-state index contributed by atoms with van der Waals surface area (Å²) in [5.74, 6) is 0.132. The zero-order chi connectivity index (χ0) is 12.1. The third-order valence-electron chi connectivity index (χ3n) is 2.84. The SMILES string of the molecule is O=C(O)CCN=C1CCC(c2ccccc2)N1. The van der Waals surface area contributed by atoms with Crippen LogP contribution in [0.15, 0.2) is 35.3 Å². The fourth-order valence-corrected chi connectivity index (χ4v) is 1.97. The molecule has 0 spiro atoms. The van der Waals surface area contributed by atoms with Gasteiger partial charge in [0.25, 0.3) is 0 Å². The van der Waals surface area contributed by atoms with Gasteiger partial charge in [0.2, 0.25) is 0 Å². The van der Waals surface area contributed by atoms with E-state index in [1.54, 1.807) is 0 Å². The topological polar surface area (TPSA) is 61.7 Å². The van der Waals surface area contributed by atoms with Crippen molar-refractivity contribution in [2.75, 3.05) is 6.54 Å². The number of hydrogen-bond donors (Lipinski definition) is 2. The standard InChI is InChI=1S/C13H16N2O2/c16-13(17)8-9-14-12-7-6-11(15-12)10-4-2-1-3-5-10/h1-5,11H,6-9H2,(H,14,15)(H,16,17). The Morgan fingerprint density at radius 1 is 1.41 bits per heavy atom. The number of carboxylic acid groups (broad SMARTS) is 1. The van der Waals surface area contributed by atoms with Crippen LogP contribution in [-0.4, -0.2) is 23.5 Å². The molecule has 4 heteroatoms. The molecule has 1 heterocycles. The van der Waals surface area contributed by atoms with Crippen LogP contribution in [0.2, 0.25) is 0 Å². The first-order chi connectivity index (χ1) is 8.25. The third kappa shape index (κ3) is 3.31. The second-order valence-electron chi connectivity index (χ2n) is 4.12. The smallest absolute Gasteiger partial charge is 0.305 e. The molecule has 0 amide bonds. The van der Waals surface area contributed by atoms with Gasteiger partial charge in [-0.15, -0.1) is 0 Å². The Bertz CT molecular complexity index is 415. The molecule has 90 valence electrons. The van der Waals surface area contributed by atoms with Crippen molar-refractivity contribution in [1.29, 1.82) is 0 Å². The lowest BCUT2D eigenvalue weighted by molar-refractivity contribution is -0.136. The van der Waals surface area contributed by atoms with Gasteiger partial charge in [-0.05, 0) is 12.0 Å². The van der Waals surface area contributed by atoms with Crippen LogP contribution in [0.1, 0.15) is 30.9 Å². The van der Waals surface area contributed by atoms with Crippen LogP contribution >= 0.6 is 0 Å². The van der Waals surface area contributed by atoms with Gasteiger partial charge in [-0.1, -0.05) is 30.3 Å². The first-order valence-electron chi connectivity index (χ1n) is 5.82. The van der Waals surface area contributed by atoms with E-state index in [2.05, 4.69) is 22.4 Å². The summed E-state index contributed by atoms with van der Waals surface area (Å²) in [7, 11) is 0. The number of hydrogen-bond acceptors (Lipinski definition) is 2. The number of benzene rings is 1. The number of carbonyl (C=O) groups is 1. The monoisotopic (exact) mass is 232 g/mol. The highest BCUT2D eigenvalue weighted by atomic mass is 16.4. The summed E-state index contributed by atoms with van der Waals surface area (Å²) in [6.45, 7) is 0.360. The third-order valence-corrected chi connectivity index (χ3v) is 2.84. The van der Waals surface area contributed by atoms with Crippen LogP contribution in [0.5, 0.6) is 0 Å². The van der Waals surface area contributed by atoms with Gasteiger partial charge in [0.1, 0.15) is 0 Å². The summed E-state index contributed by atoms with van der Waals surface area (Å²) in [5, 5.41) is 11.9. The average Bonchev–Trinajstić information content (AvgIpc) is 2.78. The van der Waals surface area contributed by atoms with Crippen molar-refractivity contribution in [3.63, 3.8) is 0 Å². The molecule has 1 aliphatic heterocycles. The lowest BCUT2D eigenvalue weighted by Crippen LogP contribution is -2.19. The number of nitrogens with zero attached hydrogens (tertiary/aromatic N) is 1. The molecule has 2 N–H and O–H groups in total. The van der Waals surface area contributed by atoms with Crippen molar-refractivity contribution in [2.45, 2.75) is 25.3 Å². The fourth-order valence-electron chi connectivity index (χ4n) is 1.97. The molecule has 2 rings (SSSR count). The molecule has 1 atom stereocenters. The minimum absolute atomic E-state index is 0.0984. The molecule has 1 unspecified atom stereocenters. The molecule has 1 aliphatic rings. The summed E-state index contributed by atoms with van der Waals surface area (Å²) >= 11 is 0. The Kier molecular flexibility index (Phi) is 3.75. The van der Waals surface area contributed by atoms with Gasteiger partial charge in [0, 0.05) is 6.42 Å². The zero-order valence-corrected chi connectivity index (χ0v) is 9.60. The Labute approximate surface area is 100 Å². The van der Waals surface area contributed by atoms with Crippen molar-refractivity contribution in [3.05, 3.63) is 35.9 Å². The summed E-state index contributed by atoms with van der Waals surface area (Å²) in [6, 6.07) is 10.6. The van der Waals surface area contributed by atoms with E-state index in [1.807, 2.05) is 18.2 Å². The Hall–Kier alpha value is -1.84. The minimum atomic E-state index is -0.799. The van der Waals surface area contributed by atoms with Crippen LogP contribution in [-0.2, 0) is 4.79 Å². The highest BCUT2D eigenvalue weighted by molar-refractivity contribution is 5.84. The van der Waals surface area contributed by atoms with Crippen molar-refractivity contribution < 1.29 is 9.90 Å². The fraction of sp³-hybridized carbons (Fsp3) is 0.385. The van der Waals surface area contributed by atoms with E-state index in [4.69, 9.17) is 5.11 Å². The number of carboxylic acids is 1. The van der Waals surface area contributed by atoms with Gasteiger partial charge < -0.3 is 10.4 Å². The molecule has 0 aliphatic carbocycles. The van der Waals surface area contributed by atoms with Crippen LogP contribution in [0.3, 0.4) is 0 Å². The maximum absolute atomic E-state index is 10.4. The van der Waals surface area contributed by atoms with Gasteiger partial charge >= 0.3 is 5.97 Å². The average molecular weight is 232 g/mol. The second-order valence-corrected chi connectivity index (χ2v) is 4.12. The van der Waals surface area contributed by atoms with Gasteiger partial charge in [-0.25, -0.2) is 0 Å². The number of nitrogens with one attached hydrogen (secondary N) is 1. The number of rotatable bonds is 4. The quantitative estimate of drug-likeness (QED) is 0.834. The predicted molar refractivity (Wildman–Crippen MR) is 66.1 cm³/mol. The number of amidine groups is 1. The van der Waals surface area contributed by atoms with E-state index in [9.17, 15) is 4.79 Å². The van der Waals surface area contributed by atoms with Crippen molar-refractivity contribution in [1.82, 2.24) is 5.32 Å². The number of aliphatic imine (C=N–C) groups is 1. The largest absolute Gasteiger partial charge is 0.481 e. The molecule has 4 nitrogen and oxygen atoms in total. The highest BCUT2D eigenvalue weighted by Crippen LogP contribution is 2.23. The van der Waals surface area contributed by atoms with E-state index in [1.165, 1.54) is 5.56 Å². The summed E-state index contributed by atoms with van der Waals surface area (Å²) in [5.41, 5.74) is 1.26. The van der Waals surface area contributed by atoms with Crippen molar-refractivity contribution >= 4 is 11.8 Å². The van der Waals surface area contributed by atoms with Crippen molar-refractivity contribution in [2.24, 2.45) is 4.99 Å². The zero-order valence-electron chi connectivity index (χ0n) is 9.60. The maximum atomic E-state index is 10.4. The first-order valence-corrected chi connectivity index (χ1v) is 5.82. The molecule has 1 fully saturated rings. The van der Waals surface area contributed by atoms with E-state index in [0.29, 0.717) is 12.6 Å². The Balaban J connectivity index is 1.89. The molecule has 1 aromatic carbocycles. The summed E-state index contributed by atoms with van der Waals surface area (Å²) in [6.07, 6.45) is 2.02. The molecule has 0 bridgehead atoms. The first kappa shape index (κ1) is 11.6. The summed E-state index contributed by atoms with van der Waals surface area (Å²) < 4.78 is 0. The minimum Gasteiger partial charge on any atom is -0.481 e. The van der Waals surface area contributed by atoms with E-state index in [-0.39, 0.29) is 6.42 Å². The maximum Gasteiger partial charge on any atom is 0.305 e. The second kappa shape index (κ2) is 5.48. The number of aliphatic carboxylic acids is 1. The normalized spacial score (nSPS) is 21.4. The molecule has 1 saturated heterocycles. The lowest BCUT2D eigenvalue weighted by atomic mass is 10.1. The van der Waals surface area contributed by atoms with E-state index in [0.717, 1.165) is 18.7 Å². The molecular formula is C13H16N2O2. The molecule has 0 saturated carbocycles. The van der Waals surface area contributed by atoms with Crippen LogP contribution < -0.4 is 5.32 Å². The van der Waals surface area contributed by atoms with Gasteiger partial charge in [-0.3, -0.25) is 9.79 Å². The molecular weight excluding hydrogens is 216 g/mol. The van der Waals surface area contributed by atoms with E-state index < -0.39 is 5.97 Å². The summed E-state index contributed by atoms with van der Waals surface area (Å²) in [4.78, 5) is 14.6. The van der Waals surface area contributed by atoms with Gasteiger partial charge in [0.05, 0.1) is 24.8 Å². The Morgan fingerprint density at radius 2 is 2.18 bits per heavy atom. The van der Waals surface area contributed by atoms with Gasteiger partial charge in [0.15, 0.2) is 0 Å². The molecule has 1 aromatic rings. The van der Waals surface area contributed by atoms with Crippen LogP contribution in [0.25, 0.3) is 0 Å². The molecule has 0 aromatic heterocycles. The predicted octanol–water partition coefficient (Wildman–Crippen LogP) is 1.98.